The highest BCUT2D eigenvalue weighted by molar-refractivity contribution is 8.01. The van der Waals surface area contributed by atoms with Gasteiger partial charge in [0.15, 0.2) is 10.2 Å². The molecular formula is C20H16N6OS2. The molecule has 0 unspecified atom stereocenters. The fourth-order valence-corrected chi connectivity index (χ4v) is 4.27. The first-order valence-corrected chi connectivity index (χ1v) is 10.5. The van der Waals surface area contributed by atoms with Crippen LogP contribution < -0.4 is 5.32 Å². The van der Waals surface area contributed by atoms with Crippen LogP contribution in [0.5, 0.6) is 0 Å². The van der Waals surface area contributed by atoms with Crippen LogP contribution >= 0.6 is 23.1 Å². The molecule has 0 aliphatic carbocycles. The normalized spacial score (nSPS) is 11.8. The fourth-order valence-electron chi connectivity index (χ4n) is 2.64. The number of aliphatic hydroxyl groups is 1. The van der Waals surface area contributed by atoms with Gasteiger partial charge in [-0.05, 0) is 17.7 Å². The SMILES string of the molecule is N#CC(=C(O)CSc1nnc(NCc2ccccc2)s1)c1nc2ccccc2[nH]1. The summed E-state index contributed by atoms with van der Waals surface area (Å²) in [4.78, 5) is 7.44. The number of H-pyrrole nitrogens is 1. The van der Waals surface area contributed by atoms with E-state index in [4.69, 9.17) is 0 Å². The van der Waals surface area contributed by atoms with Crippen LogP contribution in [0, 0.1) is 11.3 Å². The van der Waals surface area contributed by atoms with Crippen molar-refractivity contribution in [2.75, 3.05) is 11.1 Å². The van der Waals surface area contributed by atoms with Crippen molar-refractivity contribution in [1.82, 2.24) is 20.2 Å². The molecule has 0 atom stereocenters. The Labute approximate surface area is 175 Å². The quantitative estimate of drug-likeness (QED) is 0.227. The van der Waals surface area contributed by atoms with E-state index in [1.165, 1.54) is 23.1 Å². The minimum atomic E-state index is -0.0504. The first kappa shape index (κ1) is 19.0. The van der Waals surface area contributed by atoms with Crippen LogP contribution in [0.3, 0.4) is 0 Å². The van der Waals surface area contributed by atoms with E-state index in [2.05, 4.69) is 25.5 Å². The summed E-state index contributed by atoms with van der Waals surface area (Å²) in [5, 5.41) is 32.1. The second-order valence-electron chi connectivity index (χ2n) is 6.04. The standard InChI is InChI=1S/C20H16N6OS2/c21-10-14(18-23-15-8-4-5-9-16(15)24-18)17(27)12-28-20-26-25-19(29-20)22-11-13-6-2-1-3-7-13/h1-9,27H,11-12H2,(H,22,25)(H,23,24). The highest BCUT2D eigenvalue weighted by Gasteiger charge is 2.14. The molecule has 2 aromatic carbocycles. The Bertz CT molecular complexity index is 1160. The molecule has 4 rings (SSSR count). The van der Waals surface area contributed by atoms with E-state index in [9.17, 15) is 10.4 Å². The lowest BCUT2D eigenvalue weighted by Gasteiger charge is -2.01. The lowest BCUT2D eigenvalue weighted by molar-refractivity contribution is 0.420. The maximum atomic E-state index is 10.4. The lowest BCUT2D eigenvalue weighted by atomic mass is 10.2. The minimum Gasteiger partial charge on any atom is -0.510 e. The van der Waals surface area contributed by atoms with Gasteiger partial charge in [0.1, 0.15) is 17.4 Å². The Morgan fingerprint density at radius 1 is 1.14 bits per heavy atom. The number of fused-ring (bicyclic) bond motifs is 1. The number of benzene rings is 2. The number of anilines is 1. The molecule has 0 aliphatic heterocycles. The van der Waals surface area contributed by atoms with Crippen molar-refractivity contribution in [2.24, 2.45) is 0 Å². The minimum absolute atomic E-state index is 0.0504. The Hall–Kier alpha value is -3.35. The zero-order valence-corrected chi connectivity index (χ0v) is 16.8. The first-order valence-electron chi connectivity index (χ1n) is 8.74. The summed E-state index contributed by atoms with van der Waals surface area (Å²) >= 11 is 2.72. The summed E-state index contributed by atoms with van der Waals surface area (Å²) in [6, 6.07) is 19.5. The van der Waals surface area contributed by atoms with Crippen molar-refractivity contribution < 1.29 is 5.11 Å². The van der Waals surface area contributed by atoms with E-state index in [0.717, 1.165) is 16.6 Å². The summed E-state index contributed by atoms with van der Waals surface area (Å²) in [6.45, 7) is 0.663. The molecule has 3 N–H and O–H groups in total. The Kier molecular flexibility index (Phi) is 5.74. The van der Waals surface area contributed by atoms with Gasteiger partial charge in [-0.15, -0.1) is 10.2 Å². The second-order valence-corrected chi connectivity index (χ2v) is 8.24. The number of aromatic amines is 1. The summed E-state index contributed by atoms with van der Waals surface area (Å²) in [7, 11) is 0. The van der Waals surface area contributed by atoms with E-state index in [-0.39, 0.29) is 17.1 Å². The molecular weight excluding hydrogens is 404 g/mol. The largest absolute Gasteiger partial charge is 0.510 e. The van der Waals surface area contributed by atoms with Crippen LogP contribution in [-0.4, -0.2) is 31.0 Å². The Morgan fingerprint density at radius 3 is 2.72 bits per heavy atom. The number of aromatic nitrogens is 4. The molecule has 4 aromatic rings. The third kappa shape index (κ3) is 4.56. The van der Waals surface area contributed by atoms with Gasteiger partial charge in [-0.3, -0.25) is 0 Å². The van der Waals surface area contributed by atoms with Gasteiger partial charge in [0.2, 0.25) is 5.13 Å². The average Bonchev–Trinajstić information content (AvgIpc) is 3.39. The zero-order chi connectivity index (χ0) is 20.1. The maximum absolute atomic E-state index is 10.4. The van der Waals surface area contributed by atoms with Crippen molar-refractivity contribution in [3.8, 4) is 6.07 Å². The number of aliphatic hydroxyl groups excluding tert-OH is 1. The second kappa shape index (κ2) is 8.77. The molecule has 0 bridgehead atoms. The summed E-state index contributed by atoms with van der Waals surface area (Å²) < 4.78 is 0.703. The van der Waals surface area contributed by atoms with Gasteiger partial charge in [-0.25, -0.2) is 4.98 Å². The fraction of sp³-hybridized carbons (Fsp3) is 0.100. The molecule has 0 saturated carbocycles. The summed E-state index contributed by atoms with van der Waals surface area (Å²) in [6.07, 6.45) is 0. The molecule has 0 saturated heterocycles. The topological polar surface area (TPSA) is 111 Å². The van der Waals surface area contributed by atoms with Crippen molar-refractivity contribution in [3.63, 3.8) is 0 Å². The van der Waals surface area contributed by atoms with E-state index in [0.29, 0.717) is 21.8 Å². The Balaban J connectivity index is 1.41. The van der Waals surface area contributed by atoms with Gasteiger partial charge < -0.3 is 15.4 Å². The summed E-state index contributed by atoms with van der Waals surface area (Å²) in [5.41, 5.74) is 2.84. The van der Waals surface area contributed by atoms with Crippen LogP contribution in [0.1, 0.15) is 11.4 Å². The highest BCUT2D eigenvalue weighted by Crippen LogP contribution is 2.28. The van der Waals surface area contributed by atoms with E-state index < -0.39 is 0 Å². The van der Waals surface area contributed by atoms with Crippen LogP contribution in [0.25, 0.3) is 16.6 Å². The van der Waals surface area contributed by atoms with Crippen molar-refractivity contribution in [1.29, 1.82) is 5.26 Å². The molecule has 29 heavy (non-hydrogen) atoms. The third-order valence-corrected chi connectivity index (χ3v) is 6.08. The van der Waals surface area contributed by atoms with E-state index in [1.807, 2.05) is 60.7 Å². The average molecular weight is 421 g/mol. The Morgan fingerprint density at radius 2 is 1.93 bits per heavy atom. The molecule has 9 heteroatoms. The molecule has 144 valence electrons. The number of hydrogen-bond donors (Lipinski definition) is 3. The number of hydrogen-bond acceptors (Lipinski definition) is 8. The zero-order valence-electron chi connectivity index (χ0n) is 15.2. The molecule has 0 amide bonds. The van der Waals surface area contributed by atoms with Gasteiger partial charge in [0, 0.05) is 6.54 Å². The number of rotatable bonds is 7. The van der Waals surface area contributed by atoms with Gasteiger partial charge in [0.05, 0.1) is 16.8 Å². The van der Waals surface area contributed by atoms with Crippen LogP contribution in [0.15, 0.2) is 64.7 Å². The van der Waals surface area contributed by atoms with Crippen LogP contribution in [-0.2, 0) is 6.54 Å². The molecule has 0 fully saturated rings. The van der Waals surface area contributed by atoms with Gasteiger partial charge in [-0.1, -0.05) is 65.6 Å². The van der Waals surface area contributed by atoms with Crippen molar-refractivity contribution >= 4 is 44.8 Å². The third-order valence-electron chi connectivity index (χ3n) is 4.05. The van der Waals surface area contributed by atoms with Gasteiger partial charge in [0.25, 0.3) is 0 Å². The van der Waals surface area contributed by atoms with Crippen molar-refractivity contribution in [3.05, 3.63) is 71.7 Å². The predicted molar refractivity (Wildman–Crippen MR) is 116 cm³/mol. The van der Waals surface area contributed by atoms with Crippen LogP contribution in [0.2, 0.25) is 0 Å². The molecule has 0 radical (unpaired) electrons. The number of nitriles is 1. The monoisotopic (exact) mass is 420 g/mol. The predicted octanol–water partition coefficient (Wildman–Crippen LogP) is 4.61. The lowest BCUT2D eigenvalue weighted by Crippen LogP contribution is -1.98. The van der Waals surface area contributed by atoms with E-state index >= 15 is 0 Å². The number of imidazole rings is 1. The summed E-state index contributed by atoms with van der Waals surface area (Å²) in [5.74, 6) is 0.507. The number of nitrogens with one attached hydrogen (secondary N) is 2. The van der Waals surface area contributed by atoms with Gasteiger partial charge >= 0.3 is 0 Å². The number of nitrogens with zero attached hydrogens (tertiary/aromatic N) is 4. The van der Waals surface area contributed by atoms with Crippen molar-refractivity contribution in [2.45, 2.75) is 10.9 Å². The van der Waals surface area contributed by atoms with E-state index in [1.54, 1.807) is 0 Å². The molecule has 0 spiro atoms. The highest BCUT2D eigenvalue weighted by atomic mass is 32.2. The van der Waals surface area contributed by atoms with Gasteiger partial charge in [-0.2, -0.15) is 5.26 Å². The molecule has 7 nitrogen and oxygen atoms in total. The first-order chi connectivity index (χ1) is 14.2. The molecule has 2 heterocycles. The number of thioether (sulfide) groups is 1. The number of para-hydroxylation sites is 2. The molecule has 0 aliphatic rings. The smallest absolute Gasteiger partial charge is 0.206 e. The maximum Gasteiger partial charge on any atom is 0.206 e. The number of allylic oxidation sites excluding steroid dienone is 1. The van der Waals surface area contributed by atoms with Crippen LogP contribution in [0.4, 0.5) is 5.13 Å². The molecule has 2 aromatic heterocycles.